The van der Waals surface area contributed by atoms with Crippen molar-refractivity contribution in [2.45, 2.75) is 64.6 Å². The van der Waals surface area contributed by atoms with Gasteiger partial charge in [0.05, 0.1) is 19.2 Å². The summed E-state index contributed by atoms with van der Waals surface area (Å²) in [4.78, 5) is 16.6. The van der Waals surface area contributed by atoms with Crippen LogP contribution in [0.4, 0.5) is 0 Å². The first-order chi connectivity index (χ1) is 12.2. The van der Waals surface area contributed by atoms with E-state index in [2.05, 4.69) is 27.3 Å². The van der Waals surface area contributed by atoms with Crippen LogP contribution in [-0.4, -0.2) is 73.3 Å². The molecule has 2 aliphatic heterocycles. The van der Waals surface area contributed by atoms with Gasteiger partial charge in [-0.3, -0.25) is 9.69 Å². The molecule has 8 nitrogen and oxygen atoms in total. The number of nitrogens with zero attached hydrogens (tertiary/aromatic N) is 6. The molecule has 2 saturated heterocycles. The minimum absolute atomic E-state index is 0.0117. The minimum atomic E-state index is 0.0117. The molecule has 3 rings (SSSR count). The number of amides is 1. The monoisotopic (exact) mass is 350 g/mol. The lowest BCUT2D eigenvalue weighted by Crippen LogP contribution is -2.37. The molecule has 1 atom stereocenters. The molecule has 0 unspecified atom stereocenters. The van der Waals surface area contributed by atoms with E-state index in [-0.39, 0.29) is 18.6 Å². The first-order valence-electron chi connectivity index (χ1n) is 9.55. The smallest absolute Gasteiger partial charge is 0.222 e. The summed E-state index contributed by atoms with van der Waals surface area (Å²) < 4.78 is 1.83. The lowest BCUT2D eigenvalue weighted by molar-refractivity contribution is -0.132. The first kappa shape index (κ1) is 18.3. The largest absolute Gasteiger partial charge is 0.394 e. The van der Waals surface area contributed by atoms with Gasteiger partial charge in [-0.15, -0.1) is 5.10 Å². The fourth-order valence-corrected chi connectivity index (χ4v) is 3.81. The van der Waals surface area contributed by atoms with Gasteiger partial charge in [0, 0.05) is 19.5 Å². The van der Waals surface area contributed by atoms with Crippen molar-refractivity contribution in [3.8, 4) is 0 Å². The van der Waals surface area contributed by atoms with Crippen molar-refractivity contribution in [1.29, 1.82) is 0 Å². The van der Waals surface area contributed by atoms with Crippen LogP contribution in [0.5, 0.6) is 0 Å². The molecule has 1 N–H and O–H groups in total. The Morgan fingerprint density at radius 2 is 2.04 bits per heavy atom. The number of hydrogen-bond donors (Lipinski definition) is 1. The molecule has 25 heavy (non-hydrogen) atoms. The van der Waals surface area contributed by atoms with Gasteiger partial charge in [-0.05, 0) is 61.5 Å². The Balaban J connectivity index is 1.44. The van der Waals surface area contributed by atoms with Gasteiger partial charge in [-0.1, -0.05) is 6.92 Å². The number of aryl methyl sites for hydroxylation is 1. The Kier molecular flexibility index (Phi) is 6.36. The second kappa shape index (κ2) is 8.71. The third kappa shape index (κ3) is 4.76. The third-order valence-corrected chi connectivity index (χ3v) is 5.52. The van der Waals surface area contributed by atoms with E-state index in [1.165, 1.54) is 12.8 Å². The third-order valence-electron chi connectivity index (χ3n) is 5.52. The molecule has 1 amide bonds. The van der Waals surface area contributed by atoms with Crippen LogP contribution in [-0.2, 0) is 17.9 Å². The number of tetrazole rings is 1. The van der Waals surface area contributed by atoms with Crippen LogP contribution >= 0.6 is 0 Å². The lowest BCUT2D eigenvalue weighted by atomic mass is 9.99. The summed E-state index contributed by atoms with van der Waals surface area (Å²) in [6.45, 7) is 6.79. The van der Waals surface area contributed by atoms with Crippen LogP contribution < -0.4 is 0 Å². The maximum Gasteiger partial charge on any atom is 0.222 e. The predicted octanol–water partition coefficient (Wildman–Crippen LogP) is 0.669. The van der Waals surface area contributed by atoms with E-state index in [1.54, 1.807) is 0 Å². The van der Waals surface area contributed by atoms with Gasteiger partial charge in [0.2, 0.25) is 5.91 Å². The van der Waals surface area contributed by atoms with Gasteiger partial charge >= 0.3 is 0 Å². The van der Waals surface area contributed by atoms with Crippen LogP contribution in [0.15, 0.2) is 0 Å². The molecule has 0 radical (unpaired) electrons. The van der Waals surface area contributed by atoms with Crippen LogP contribution in [0.25, 0.3) is 0 Å². The van der Waals surface area contributed by atoms with Crippen LogP contribution in [0.3, 0.4) is 0 Å². The van der Waals surface area contributed by atoms with Crippen molar-refractivity contribution < 1.29 is 9.90 Å². The van der Waals surface area contributed by atoms with Crippen molar-refractivity contribution in [2.75, 3.05) is 26.2 Å². The number of hydrogen-bond acceptors (Lipinski definition) is 6. The van der Waals surface area contributed by atoms with E-state index in [1.807, 2.05) is 9.58 Å². The van der Waals surface area contributed by atoms with Crippen molar-refractivity contribution in [2.24, 2.45) is 5.92 Å². The van der Waals surface area contributed by atoms with Crippen molar-refractivity contribution >= 4 is 5.91 Å². The molecule has 1 aromatic heterocycles. The van der Waals surface area contributed by atoms with Crippen molar-refractivity contribution in [1.82, 2.24) is 30.0 Å². The highest BCUT2D eigenvalue weighted by Crippen LogP contribution is 2.19. The van der Waals surface area contributed by atoms with Gasteiger partial charge < -0.3 is 10.0 Å². The van der Waals surface area contributed by atoms with E-state index in [0.29, 0.717) is 13.0 Å². The Morgan fingerprint density at radius 3 is 2.80 bits per heavy atom. The highest BCUT2D eigenvalue weighted by Gasteiger charge is 2.27. The average molecular weight is 350 g/mol. The molecule has 140 valence electrons. The predicted molar refractivity (Wildman–Crippen MR) is 92.5 cm³/mol. The van der Waals surface area contributed by atoms with E-state index in [0.717, 1.165) is 57.2 Å². The molecule has 3 heterocycles. The van der Waals surface area contributed by atoms with E-state index >= 15 is 0 Å². The summed E-state index contributed by atoms with van der Waals surface area (Å²) in [5.41, 5.74) is 0. The van der Waals surface area contributed by atoms with Crippen LogP contribution in [0.1, 0.15) is 51.3 Å². The number of carbonyl (C=O) groups is 1. The summed E-state index contributed by atoms with van der Waals surface area (Å²) in [6.07, 6.45) is 5.58. The standard InChI is InChI=1S/C17H30N6O2/c1-14-6-10-21(11-7-14)12-16-18-19-20-23(16)9-3-5-17(25)22-8-2-4-15(22)13-24/h14-15,24H,2-13H2,1H3/t15-/m0/s1. The first-order valence-corrected chi connectivity index (χ1v) is 9.55. The minimum Gasteiger partial charge on any atom is -0.394 e. The number of likely N-dealkylation sites (tertiary alicyclic amines) is 2. The molecule has 8 heteroatoms. The summed E-state index contributed by atoms with van der Waals surface area (Å²) in [7, 11) is 0. The molecule has 2 fully saturated rings. The summed E-state index contributed by atoms with van der Waals surface area (Å²) >= 11 is 0. The molecule has 1 aromatic rings. The number of aliphatic hydroxyl groups excluding tert-OH is 1. The maximum absolute atomic E-state index is 12.3. The van der Waals surface area contributed by atoms with Crippen LogP contribution in [0, 0.1) is 5.92 Å². The Bertz CT molecular complexity index is 555. The van der Waals surface area contributed by atoms with Gasteiger partial charge in [-0.2, -0.15) is 0 Å². The summed E-state index contributed by atoms with van der Waals surface area (Å²) in [5, 5.41) is 21.4. The quantitative estimate of drug-likeness (QED) is 0.778. The number of aliphatic hydroxyl groups is 1. The number of aromatic nitrogens is 4. The zero-order valence-corrected chi connectivity index (χ0v) is 15.2. The molecule has 0 aromatic carbocycles. The summed E-state index contributed by atoms with van der Waals surface area (Å²) in [5.74, 6) is 1.83. The van der Waals surface area contributed by atoms with E-state index in [4.69, 9.17) is 0 Å². The number of carbonyl (C=O) groups excluding carboxylic acids is 1. The molecular weight excluding hydrogens is 320 g/mol. The van der Waals surface area contributed by atoms with E-state index < -0.39 is 0 Å². The Morgan fingerprint density at radius 1 is 1.24 bits per heavy atom. The van der Waals surface area contributed by atoms with Gasteiger partial charge in [-0.25, -0.2) is 4.68 Å². The normalized spacial score (nSPS) is 22.6. The molecule has 0 spiro atoms. The average Bonchev–Trinajstić information content (AvgIpc) is 3.26. The SMILES string of the molecule is CC1CCN(Cc2nnnn2CCCC(=O)N2CCC[C@H]2CO)CC1. The maximum atomic E-state index is 12.3. The molecule has 2 aliphatic rings. The van der Waals surface area contributed by atoms with E-state index in [9.17, 15) is 9.90 Å². The highest BCUT2D eigenvalue weighted by molar-refractivity contribution is 5.76. The number of piperidine rings is 1. The van der Waals surface area contributed by atoms with Crippen molar-refractivity contribution in [3.63, 3.8) is 0 Å². The second-order valence-corrected chi connectivity index (χ2v) is 7.45. The summed E-state index contributed by atoms with van der Waals surface area (Å²) in [6, 6.07) is 0.0117. The number of rotatable bonds is 7. The zero-order chi connectivity index (χ0) is 17.6. The Hall–Kier alpha value is -1.54. The molecule has 0 saturated carbocycles. The van der Waals surface area contributed by atoms with Gasteiger partial charge in [0.15, 0.2) is 5.82 Å². The fraction of sp³-hybridized carbons (Fsp3) is 0.882. The molecular formula is C17H30N6O2. The zero-order valence-electron chi connectivity index (χ0n) is 15.2. The topological polar surface area (TPSA) is 87.4 Å². The fourth-order valence-electron chi connectivity index (χ4n) is 3.81. The van der Waals surface area contributed by atoms with Gasteiger partial charge in [0.25, 0.3) is 0 Å². The molecule has 0 bridgehead atoms. The Labute approximate surface area is 149 Å². The van der Waals surface area contributed by atoms with Crippen LogP contribution in [0.2, 0.25) is 0 Å². The second-order valence-electron chi connectivity index (χ2n) is 7.45. The van der Waals surface area contributed by atoms with Gasteiger partial charge in [0.1, 0.15) is 0 Å². The highest BCUT2D eigenvalue weighted by atomic mass is 16.3. The molecule has 0 aliphatic carbocycles. The lowest BCUT2D eigenvalue weighted by Gasteiger charge is -2.29. The van der Waals surface area contributed by atoms with Crippen molar-refractivity contribution in [3.05, 3.63) is 5.82 Å².